The minimum absolute atomic E-state index is 0.314. The van der Waals surface area contributed by atoms with Crippen molar-refractivity contribution in [2.24, 2.45) is 0 Å². The first-order chi connectivity index (χ1) is 11.1. The van der Waals surface area contributed by atoms with E-state index in [0.29, 0.717) is 12.1 Å². The summed E-state index contributed by atoms with van der Waals surface area (Å²) in [4.78, 5) is 4.07. The highest BCUT2D eigenvalue weighted by atomic mass is 15.3. The number of aryl methyl sites for hydroxylation is 1. The Labute approximate surface area is 137 Å². The van der Waals surface area contributed by atoms with E-state index in [1.165, 1.54) is 11.1 Å². The van der Waals surface area contributed by atoms with Crippen LogP contribution in [-0.2, 0) is 6.54 Å². The zero-order valence-corrected chi connectivity index (χ0v) is 13.8. The molecule has 0 saturated heterocycles. The maximum absolute atomic E-state index is 4.40. The van der Waals surface area contributed by atoms with E-state index in [9.17, 15) is 0 Å². The molecule has 0 aliphatic rings. The van der Waals surface area contributed by atoms with Gasteiger partial charge in [-0.2, -0.15) is 5.10 Å². The van der Waals surface area contributed by atoms with Crippen molar-refractivity contribution >= 4 is 0 Å². The number of benzene rings is 1. The van der Waals surface area contributed by atoms with Gasteiger partial charge in [0, 0.05) is 36.9 Å². The van der Waals surface area contributed by atoms with Gasteiger partial charge < -0.3 is 9.88 Å². The molecule has 1 N–H and O–H groups in total. The van der Waals surface area contributed by atoms with E-state index in [4.69, 9.17) is 0 Å². The van der Waals surface area contributed by atoms with Gasteiger partial charge >= 0.3 is 0 Å². The van der Waals surface area contributed by atoms with E-state index < -0.39 is 0 Å². The molecule has 0 spiro atoms. The molecule has 2 heterocycles. The van der Waals surface area contributed by atoms with Gasteiger partial charge in [0.05, 0.1) is 18.6 Å². The fourth-order valence-electron chi connectivity index (χ4n) is 2.53. The van der Waals surface area contributed by atoms with Gasteiger partial charge in [0.25, 0.3) is 0 Å². The Hall–Kier alpha value is -2.40. The van der Waals surface area contributed by atoms with E-state index >= 15 is 0 Å². The molecule has 2 aromatic heterocycles. The molecule has 0 saturated carbocycles. The molecule has 0 amide bonds. The van der Waals surface area contributed by atoms with Crippen LogP contribution in [0, 0.1) is 6.92 Å². The normalized spacial score (nSPS) is 13.9. The predicted molar refractivity (Wildman–Crippen MR) is 91.5 cm³/mol. The van der Waals surface area contributed by atoms with Gasteiger partial charge in [-0.15, -0.1) is 0 Å². The van der Waals surface area contributed by atoms with Gasteiger partial charge in [0.2, 0.25) is 0 Å². The molecule has 0 bridgehead atoms. The molecular weight excluding hydrogens is 286 g/mol. The van der Waals surface area contributed by atoms with Crippen LogP contribution >= 0.6 is 0 Å². The second-order valence-electron chi connectivity index (χ2n) is 6.04. The quantitative estimate of drug-likeness (QED) is 0.761. The van der Waals surface area contributed by atoms with Crippen LogP contribution in [0.3, 0.4) is 0 Å². The molecule has 2 atom stereocenters. The number of nitrogens with one attached hydrogen (secondary N) is 1. The maximum Gasteiger partial charge on any atom is 0.0991 e. The van der Waals surface area contributed by atoms with Gasteiger partial charge in [-0.3, -0.25) is 4.68 Å². The summed E-state index contributed by atoms with van der Waals surface area (Å²) < 4.78 is 4.02. The molecule has 120 valence electrons. The lowest BCUT2D eigenvalue weighted by Crippen LogP contribution is -2.33. The molecule has 0 unspecified atom stereocenters. The highest BCUT2D eigenvalue weighted by Gasteiger charge is 2.14. The summed E-state index contributed by atoms with van der Waals surface area (Å²) in [5.41, 5.74) is 3.59. The Morgan fingerprint density at radius 2 is 1.96 bits per heavy atom. The Balaban J connectivity index is 1.57. The number of nitrogens with zero attached hydrogens (tertiary/aromatic N) is 4. The first-order valence-electron chi connectivity index (χ1n) is 7.95. The third-order valence-electron chi connectivity index (χ3n) is 4.24. The molecule has 0 fully saturated rings. The molecule has 23 heavy (non-hydrogen) atoms. The second kappa shape index (κ2) is 6.79. The van der Waals surface area contributed by atoms with Crippen LogP contribution in [0.2, 0.25) is 0 Å². The van der Waals surface area contributed by atoms with Crippen LogP contribution < -0.4 is 5.32 Å². The zero-order chi connectivity index (χ0) is 16.2. The lowest BCUT2D eigenvalue weighted by Gasteiger charge is -2.22. The van der Waals surface area contributed by atoms with Gasteiger partial charge in [0.15, 0.2) is 0 Å². The monoisotopic (exact) mass is 309 g/mol. The minimum atomic E-state index is 0.314. The Morgan fingerprint density at radius 1 is 1.17 bits per heavy atom. The first kappa shape index (κ1) is 15.5. The van der Waals surface area contributed by atoms with Crippen LogP contribution in [0.5, 0.6) is 0 Å². The standard InChI is InChI=1S/C18H23N5/c1-14-10-21-23(12-14)16(3)15(2)20-11-17-4-6-18(7-5-17)22-9-8-19-13-22/h4-10,12-13,15-16,20H,11H2,1-3H3/t15-,16-/m0/s1. The molecule has 0 radical (unpaired) electrons. The van der Waals surface area contributed by atoms with Crippen LogP contribution in [0.25, 0.3) is 5.69 Å². The summed E-state index contributed by atoms with van der Waals surface area (Å²) >= 11 is 0. The van der Waals surface area contributed by atoms with E-state index in [1.807, 2.05) is 28.0 Å². The van der Waals surface area contributed by atoms with Crippen molar-refractivity contribution in [2.45, 2.75) is 39.4 Å². The SMILES string of the molecule is Cc1cnn([C@@H](C)[C@H](C)NCc2ccc(-n3ccnc3)cc2)c1. The largest absolute Gasteiger partial charge is 0.308 e. The predicted octanol–water partition coefficient (Wildman–Crippen LogP) is 3.12. The molecule has 0 aliphatic carbocycles. The van der Waals surface area contributed by atoms with Crippen molar-refractivity contribution in [1.29, 1.82) is 0 Å². The number of hydrogen-bond acceptors (Lipinski definition) is 3. The number of rotatable bonds is 6. The van der Waals surface area contributed by atoms with E-state index in [0.717, 1.165) is 12.2 Å². The molecule has 5 nitrogen and oxygen atoms in total. The van der Waals surface area contributed by atoms with Gasteiger partial charge in [-0.1, -0.05) is 12.1 Å². The number of aromatic nitrogens is 4. The van der Waals surface area contributed by atoms with Crippen LogP contribution in [0.4, 0.5) is 0 Å². The second-order valence-corrected chi connectivity index (χ2v) is 6.04. The van der Waals surface area contributed by atoms with E-state index in [1.54, 1.807) is 6.20 Å². The van der Waals surface area contributed by atoms with Gasteiger partial charge in [-0.25, -0.2) is 4.98 Å². The first-order valence-corrected chi connectivity index (χ1v) is 7.95. The number of imidazole rings is 1. The Kier molecular flexibility index (Phi) is 4.57. The zero-order valence-electron chi connectivity index (χ0n) is 13.8. The van der Waals surface area contributed by atoms with E-state index in [2.05, 4.69) is 66.6 Å². The van der Waals surface area contributed by atoms with Crippen molar-refractivity contribution in [3.8, 4) is 5.69 Å². The van der Waals surface area contributed by atoms with E-state index in [-0.39, 0.29) is 0 Å². The van der Waals surface area contributed by atoms with Crippen molar-refractivity contribution in [3.63, 3.8) is 0 Å². The van der Waals surface area contributed by atoms with Crippen LogP contribution in [0.1, 0.15) is 31.0 Å². The van der Waals surface area contributed by atoms with Crippen LogP contribution in [0.15, 0.2) is 55.4 Å². The van der Waals surface area contributed by atoms with Crippen molar-refractivity contribution in [2.75, 3.05) is 0 Å². The molecule has 0 aliphatic heterocycles. The number of hydrogen-bond donors (Lipinski definition) is 1. The van der Waals surface area contributed by atoms with Crippen molar-refractivity contribution < 1.29 is 0 Å². The molecule has 1 aromatic carbocycles. The molecular formula is C18H23N5. The summed E-state index contributed by atoms with van der Waals surface area (Å²) in [7, 11) is 0. The topological polar surface area (TPSA) is 47.7 Å². The fraction of sp³-hybridized carbons (Fsp3) is 0.333. The van der Waals surface area contributed by atoms with Gasteiger partial charge in [0.1, 0.15) is 0 Å². The minimum Gasteiger partial charge on any atom is -0.308 e. The summed E-state index contributed by atoms with van der Waals surface area (Å²) in [6.07, 6.45) is 9.53. The maximum atomic E-state index is 4.40. The van der Waals surface area contributed by atoms with Crippen molar-refractivity contribution in [1.82, 2.24) is 24.6 Å². The van der Waals surface area contributed by atoms with Crippen molar-refractivity contribution in [3.05, 3.63) is 66.5 Å². The third kappa shape index (κ3) is 3.68. The Bertz CT molecular complexity index is 727. The fourth-order valence-corrected chi connectivity index (χ4v) is 2.53. The smallest absolute Gasteiger partial charge is 0.0991 e. The molecule has 5 heteroatoms. The highest BCUT2D eigenvalue weighted by molar-refractivity contribution is 5.34. The van der Waals surface area contributed by atoms with Gasteiger partial charge in [-0.05, 0) is 44.0 Å². The average Bonchev–Trinajstić information content (AvgIpc) is 3.24. The lowest BCUT2D eigenvalue weighted by molar-refractivity contribution is 0.365. The third-order valence-corrected chi connectivity index (χ3v) is 4.24. The molecule has 3 aromatic rings. The lowest BCUT2D eigenvalue weighted by atomic mass is 10.1. The summed E-state index contributed by atoms with van der Waals surface area (Å²) in [6, 6.07) is 9.18. The summed E-state index contributed by atoms with van der Waals surface area (Å²) in [6.45, 7) is 7.29. The average molecular weight is 309 g/mol. The summed E-state index contributed by atoms with van der Waals surface area (Å²) in [5, 5.41) is 7.98. The Morgan fingerprint density at radius 3 is 2.57 bits per heavy atom. The highest BCUT2D eigenvalue weighted by Crippen LogP contribution is 2.13. The summed E-state index contributed by atoms with van der Waals surface area (Å²) in [5.74, 6) is 0. The van der Waals surface area contributed by atoms with Crippen LogP contribution in [-0.4, -0.2) is 25.4 Å². The molecule has 3 rings (SSSR count).